The number of methoxy groups -OCH3 is 1. The number of aliphatic hydroxyl groups is 1. The predicted molar refractivity (Wildman–Crippen MR) is 52.7 cm³/mol. The molecule has 1 aromatic rings. The Morgan fingerprint density at radius 2 is 2.00 bits per heavy atom. The highest BCUT2D eigenvalue weighted by Crippen LogP contribution is 2.30. The number of hydrogen-bond donors (Lipinski definition) is 1. The van der Waals surface area contributed by atoms with E-state index in [-0.39, 0.29) is 11.7 Å². The summed E-state index contributed by atoms with van der Waals surface area (Å²) in [5.41, 5.74) is 0.629. The Bertz CT molecular complexity index is 310. The van der Waals surface area contributed by atoms with Crippen LogP contribution in [0.3, 0.4) is 0 Å². The maximum absolute atomic E-state index is 12.8. The lowest BCUT2D eigenvalue weighted by molar-refractivity contribution is 0.123. The van der Waals surface area contributed by atoms with Gasteiger partial charge in [-0.15, -0.1) is 0 Å². The second-order valence-electron chi connectivity index (χ2n) is 3.58. The van der Waals surface area contributed by atoms with E-state index in [2.05, 4.69) is 0 Å². The number of halogens is 1. The van der Waals surface area contributed by atoms with Gasteiger partial charge in [0.25, 0.3) is 0 Å². The molecule has 0 amide bonds. The van der Waals surface area contributed by atoms with Gasteiger partial charge in [-0.1, -0.05) is 13.8 Å². The third-order valence-electron chi connectivity index (χ3n) is 2.15. The molecular formula is C11H15FO2. The zero-order chi connectivity index (χ0) is 10.7. The summed E-state index contributed by atoms with van der Waals surface area (Å²) in [6.07, 6.45) is -0.620. The number of benzene rings is 1. The van der Waals surface area contributed by atoms with Crippen molar-refractivity contribution in [2.24, 2.45) is 5.92 Å². The first kappa shape index (κ1) is 11.0. The molecule has 0 aliphatic rings. The molecule has 0 spiro atoms. The summed E-state index contributed by atoms with van der Waals surface area (Å²) in [6, 6.07) is 4.16. The average molecular weight is 198 g/mol. The van der Waals surface area contributed by atoms with Gasteiger partial charge in [-0.05, 0) is 18.1 Å². The van der Waals surface area contributed by atoms with Crippen LogP contribution in [0, 0.1) is 11.7 Å². The molecule has 3 heteroatoms. The molecule has 0 aromatic heterocycles. The quantitative estimate of drug-likeness (QED) is 0.808. The van der Waals surface area contributed by atoms with E-state index in [9.17, 15) is 9.50 Å². The first-order valence-corrected chi connectivity index (χ1v) is 4.57. The minimum atomic E-state index is -0.620. The van der Waals surface area contributed by atoms with Crippen LogP contribution in [0.25, 0.3) is 0 Å². The Morgan fingerprint density at radius 3 is 2.50 bits per heavy atom. The van der Waals surface area contributed by atoms with Crippen LogP contribution in [-0.4, -0.2) is 12.2 Å². The maximum Gasteiger partial charge on any atom is 0.127 e. The smallest absolute Gasteiger partial charge is 0.127 e. The SMILES string of the molecule is COc1cc(F)ccc1C(O)C(C)C. The summed E-state index contributed by atoms with van der Waals surface area (Å²) in [7, 11) is 1.46. The third kappa shape index (κ3) is 2.23. The minimum absolute atomic E-state index is 0.0781. The molecule has 78 valence electrons. The second-order valence-corrected chi connectivity index (χ2v) is 3.58. The molecule has 1 N–H and O–H groups in total. The molecule has 0 saturated carbocycles. The minimum Gasteiger partial charge on any atom is -0.496 e. The Morgan fingerprint density at radius 1 is 1.36 bits per heavy atom. The van der Waals surface area contributed by atoms with Gasteiger partial charge in [0.1, 0.15) is 11.6 Å². The molecule has 0 radical (unpaired) electrons. The van der Waals surface area contributed by atoms with Crippen molar-refractivity contribution in [1.82, 2.24) is 0 Å². The first-order chi connectivity index (χ1) is 6.56. The van der Waals surface area contributed by atoms with Crippen molar-refractivity contribution in [3.8, 4) is 5.75 Å². The van der Waals surface area contributed by atoms with Gasteiger partial charge in [-0.25, -0.2) is 4.39 Å². The van der Waals surface area contributed by atoms with Crippen molar-refractivity contribution in [2.45, 2.75) is 20.0 Å². The third-order valence-corrected chi connectivity index (χ3v) is 2.15. The monoisotopic (exact) mass is 198 g/mol. The number of ether oxygens (including phenoxy) is 1. The summed E-state index contributed by atoms with van der Waals surface area (Å²) in [6.45, 7) is 3.79. The second kappa shape index (κ2) is 4.42. The Hall–Kier alpha value is -1.09. The van der Waals surface area contributed by atoms with Crippen LogP contribution in [0.1, 0.15) is 25.5 Å². The molecule has 0 heterocycles. The zero-order valence-electron chi connectivity index (χ0n) is 8.62. The Balaban J connectivity index is 3.07. The van der Waals surface area contributed by atoms with Crippen LogP contribution < -0.4 is 4.74 Å². The van der Waals surface area contributed by atoms with Crippen LogP contribution in [0.15, 0.2) is 18.2 Å². The highest BCUT2D eigenvalue weighted by Gasteiger charge is 2.16. The van der Waals surface area contributed by atoms with Gasteiger partial charge in [0.05, 0.1) is 13.2 Å². The lowest BCUT2D eigenvalue weighted by Crippen LogP contribution is -2.07. The lowest BCUT2D eigenvalue weighted by Gasteiger charge is -2.17. The summed E-state index contributed by atoms with van der Waals surface area (Å²) >= 11 is 0. The molecule has 2 nitrogen and oxygen atoms in total. The van der Waals surface area contributed by atoms with Gasteiger partial charge in [-0.2, -0.15) is 0 Å². The van der Waals surface area contributed by atoms with E-state index >= 15 is 0 Å². The predicted octanol–water partition coefficient (Wildman–Crippen LogP) is 2.52. The van der Waals surface area contributed by atoms with Crippen molar-refractivity contribution >= 4 is 0 Å². The van der Waals surface area contributed by atoms with Gasteiger partial charge < -0.3 is 9.84 Å². The van der Waals surface area contributed by atoms with E-state index in [0.717, 1.165) is 0 Å². The topological polar surface area (TPSA) is 29.5 Å². The van der Waals surface area contributed by atoms with Crippen LogP contribution in [-0.2, 0) is 0 Å². The Labute approximate surface area is 83.3 Å². The summed E-state index contributed by atoms with van der Waals surface area (Å²) < 4.78 is 17.8. The Kier molecular flexibility index (Phi) is 3.47. The van der Waals surface area contributed by atoms with E-state index in [1.807, 2.05) is 13.8 Å². The highest BCUT2D eigenvalue weighted by molar-refractivity contribution is 5.35. The van der Waals surface area contributed by atoms with Gasteiger partial charge >= 0.3 is 0 Å². The molecule has 0 aliphatic heterocycles. The highest BCUT2D eigenvalue weighted by atomic mass is 19.1. The molecule has 1 atom stereocenters. The van der Waals surface area contributed by atoms with E-state index in [0.29, 0.717) is 11.3 Å². The molecule has 0 saturated heterocycles. The van der Waals surface area contributed by atoms with Gasteiger partial charge in [-0.3, -0.25) is 0 Å². The van der Waals surface area contributed by atoms with E-state index < -0.39 is 6.10 Å². The van der Waals surface area contributed by atoms with Gasteiger partial charge in [0.15, 0.2) is 0 Å². The number of rotatable bonds is 3. The fourth-order valence-electron chi connectivity index (χ4n) is 1.29. The van der Waals surface area contributed by atoms with Gasteiger partial charge in [0, 0.05) is 11.6 Å². The zero-order valence-corrected chi connectivity index (χ0v) is 8.62. The van der Waals surface area contributed by atoms with E-state index in [1.54, 1.807) is 6.07 Å². The molecule has 1 aromatic carbocycles. The van der Waals surface area contributed by atoms with Gasteiger partial charge in [0.2, 0.25) is 0 Å². The fourth-order valence-corrected chi connectivity index (χ4v) is 1.29. The molecule has 1 rings (SSSR count). The largest absolute Gasteiger partial charge is 0.496 e. The molecule has 0 aliphatic carbocycles. The number of hydrogen-bond acceptors (Lipinski definition) is 2. The first-order valence-electron chi connectivity index (χ1n) is 4.57. The van der Waals surface area contributed by atoms with Crippen molar-refractivity contribution in [2.75, 3.05) is 7.11 Å². The molecule has 1 unspecified atom stereocenters. The van der Waals surface area contributed by atoms with E-state index in [1.165, 1.54) is 19.2 Å². The van der Waals surface area contributed by atoms with Crippen LogP contribution in [0.2, 0.25) is 0 Å². The standard InChI is InChI=1S/C11H15FO2/c1-7(2)11(13)9-5-4-8(12)6-10(9)14-3/h4-7,11,13H,1-3H3. The molecular weight excluding hydrogens is 183 g/mol. The molecule has 14 heavy (non-hydrogen) atoms. The van der Waals surface area contributed by atoms with Crippen molar-refractivity contribution in [1.29, 1.82) is 0 Å². The summed E-state index contributed by atoms with van der Waals surface area (Å²) in [4.78, 5) is 0. The lowest BCUT2D eigenvalue weighted by atomic mass is 9.98. The fraction of sp³-hybridized carbons (Fsp3) is 0.455. The average Bonchev–Trinajstić information content (AvgIpc) is 2.16. The van der Waals surface area contributed by atoms with Crippen molar-refractivity contribution < 1.29 is 14.2 Å². The normalized spacial score (nSPS) is 13.0. The van der Waals surface area contributed by atoms with Crippen LogP contribution in [0.5, 0.6) is 5.75 Å². The van der Waals surface area contributed by atoms with Crippen LogP contribution in [0.4, 0.5) is 4.39 Å². The van der Waals surface area contributed by atoms with Crippen molar-refractivity contribution in [3.05, 3.63) is 29.6 Å². The van der Waals surface area contributed by atoms with Crippen molar-refractivity contribution in [3.63, 3.8) is 0 Å². The van der Waals surface area contributed by atoms with E-state index in [4.69, 9.17) is 4.74 Å². The summed E-state index contributed by atoms with van der Waals surface area (Å²) in [5.74, 6) is 0.113. The molecule has 0 bridgehead atoms. The summed E-state index contributed by atoms with van der Waals surface area (Å²) in [5, 5.41) is 9.80. The van der Waals surface area contributed by atoms with Crippen LogP contribution >= 0.6 is 0 Å². The molecule has 0 fully saturated rings. The maximum atomic E-state index is 12.8. The number of aliphatic hydroxyl groups excluding tert-OH is 1.